The zero-order valence-corrected chi connectivity index (χ0v) is 10.6. The molecule has 1 atom stereocenters. The highest BCUT2D eigenvalue weighted by atomic mass is 79.9. The van der Waals surface area contributed by atoms with E-state index in [9.17, 15) is 0 Å². The van der Waals surface area contributed by atoms with Crippen molar-refractivity contribution in [2.45, 2.75) is 13.0 Å². The molecule has 0 amide bonds. The Morgan fingerprint density at radius 2 is 2.20 bits per heavy atom. The number of benzene rings is 1. The second kappa shape index (κ2) is 6.10. The first kappa shape index (κ1) is 12.5. The van der Waals surface area contributed by atoms with Crippen molar-refractivity contribution in [3.8, 4) is 5.75 Å². The van der Waals surface area contributed by atoms with Crippen LogP contribution in [0.3, 0.4) is 0 Å². The summed E-state index contributed by atoms with van der Waals surface area (Å²) in [4.78, 5) is 0. The molecule has 0 aliphatic heterocycles. The van der Waals surface area contributed by atoms with Crippen LogP contribution in [0.5, 0.6) is 5.75 Å². The molecule has 0 spiro atoms. The third-order valence-electron chi connectivity index (χ3n) is 2.12. The lowest BCUT2D eigenvalue weighted by Crippen LogP contribution is -2.11. The molecular formula is C11H16BrNO2. The third kappa shape index (κ3) is 3.48. The lowest BCUT2D eigenvalue weighted by atomic mass is 10.1. The second-order valence-corrected chi connectivity index (χ2v) is 4.10. The third-order valence-corrected chi connectivity index (χ3v) is 2.61. The van der Waals surface area contributed by atoms with Crippen LogP contribution in [0, 0.1) is 0 Å². The SMILES string of the molecule is COc1ccc(Br)cc1C(C)OCCN. The smallest absolute Gasteiger partial charge is 0.124 e. The van der Waals surface area contributed by atoms with E-state index in [0.717, 1.165) is 15.8 Å². The van der Waals surface area contributed by atoms with E-state index in [1.165, 1.54) is 0 Å². The minimum atomic E-state index is -0.0130. The summed E-state index contributed by atoms with van der Waals surface area (Å²) in [6.07, 6.45) is -0.0130. The van der Waals surface area contributed by atoms with Crippen molar-refractivity contribution in [3.05, 3.63) is 28.2 Å². The van der Waals surface area contributed by atoms with Gasteiger partial charge in [-0.1, -0.05) is 15.9 Å². The zero-order chi connectivity index (χ0) is 11.3. The van der Waals surface area contributed by atoms with Crippen LogP contribution in [0.2, 0.25) is 0 Å². The first-order valence-electron chi connectivity index (χ1n) is 4.84. The van der Waals surface area contributed by atoms with E-state index in [1.54, 1.807) is 7.11 Å². The highest BCUT2D eigenvalue weighted by Gasteiger charge is 2.11. The molecule has 0 saturated heterocycles. The van der Waals surface area contributed by atoms with E-state index < -0.39 is 0 Å². The average Bonchev–Trinajstić information content (AvgIpc) is 2.25. The van der Waals surface area contributed by atoms with Crippen molar-refractivity contribution < 1.29 is 9.47 Å². The fourth-order valence-electron chi connectivity index (χ4n) is 1.36. The van der Waals surface area contributed by atoms with Crippen LogP contribution in [0.15, 0.2) is 22.7 Å². The van der Waals surface area contributed by atoms with Gasteiger partial charge in [-0.25, -0.2) is 0 Å². The van der Waals surface area contributed by atoms with Gasteiger partial charge in [-0.05, 0) is 25.1 Å². The molecule has 0 aromatic heterocycles. The molecule has 1 aromatic carbocycles. The highest BCUT2D eigenvalue weighted by Crippen LogP contribution is 2.30. The average molecular weight is 274 g/mol. The molecule has 0 aliphatic carbocycles. The predicted molar refractivity (Wildman–Crippen MR) is 64.1 cm³/mol. The minimum Gasteiger partial charge on any atom is -0.496 e. The molecule has 2 N–H and O–H groups in total. The van der Waals surface area contributed by atoms with Crippen molar-refractivity contribution in [1.82, 2.24) is 0 Å². The van der Waals surface area contributed by atoms with Crippen LogP contribution < -0.4 is 10.5 Å². The summed E-state index contributed by atoms with van der Waals surface area (Å²) in [5.74, 6) is 0.836. The monoisotopic (exact) mass is 273 g/mol. The molecule has 0 heterocycles. The molecule has 0 radical (unpaired) electrons. The standard InChI is InChI=1S/C11H16BrNO2/c1-8(15-6-5-13)10-7-9(12)3-4-11(10)14-2/h3-4,7-8H,5-6,13H2,1-2H3. The van der Waals surface area contributed by atoms with Gasteiger partial charge in [0.05, 0.1) is 19.8 Å². The molecule has 0 bridgehead atoms. The minimum absolute atomic E-state index is 0.0130. The van der Waals surface area contributed by atoms with Crippen LogP contribution >= 0.6 is 15.9 Å². The Morgan fingerprint density at radius 3 is 2.80 bits per heavy atom. The lowest BCUT2D eigenvalue weighted by Gasteiger charge is -2.16. The van der Waals surface area contributed by atoms with Crippen molar-refractivity contribution in [2.24, 2.45) is 5.73 Å². The number of halogens is 1. The summed E-state index contributed by atoms with van der Waals surface area (Å²) < 4.78 is 11.8. The number of methoxy groups -OCH3 is 1. The maximum atomic E-state index is 5.55. The van der Waals surface area contributed by atoms with E-state index in [4.69, 9.17) is 15.2 Å². The molecular weight excluding hydrogens is 258 g/mol. The Morgan fingerprint density at radius 1 is 1.47 bits per heavy atom. The normalized spacial score (nSPS) is 12.5. The Labute approximate surface area is 98.7 Å². The fourth-order valence-corrected chi connectivity index (χ4v) is 1.74. The molecule has 1 unspecified atom stereocenters. The Kier molecular flexibility index (Phi) is 5.08. The lowest BCUT2D eigenvalue weighted by molar-refractivity contribution is 0.0699. The van der Waals surface area contributed by atoms with Gasteiger partial charge in [0.1, 0.15) is 5.75 Å². The maximum Gasteiger partial charge on any atom is 0.124 e. The van der Waals surface area contributed by atoms with Crippen molar-refractivity contribution in [2.75, 3.05) is 20.3 Å². The summed E-state index contributed by atoms with van der Waals surface area (Å²) in [5.41, 5.74) is 6.42. The van der Waals surface area contributed by atoms with Crippen LogP contribution in [0.4, 0.5) is 0 Å². The highest BCUT2D eigenvalue weighted by molar-refractivity contribution is 9.10. The molecule has 3 nitrogen and oxygen atoms in total. The first-order valence-corrected chi connectivity index (χ1v) is 5.63. The van der Waals surface area contributed by atoms with Gasteiger partial charge in [0.2, 0.25) is 0 Å². The number of nitrogens with two attached hydrogens (primary N) is 1. The molecule has 1 rings (SSSR count). The molecule has 15 heavy (non-hydrogen) atoms. The van der Waals surface area contributed by atoms with Crippen molar-refractivity contribution in [1.29, 1.82) is 0 Å². The van der Waals surface area contributed by atoms with Gasteiger partial charge in [-0.15, -0.1) is 0 Å². The first-order chi connectivity index (χ1) is 7.19. The molecule has 1 aromatic rings. The van der Waals surface area contributed by atoms with Gasteiger partial charge in [0.25, 0.3) is 0 Å². The molecule has 0 saturated carbocycles. The number of ether oxygens (including phenoxy) is 2. The van der Waals surface area contributed by atoms with Gasteiger partial charge in [0.15, 0.2) is 0 Å². The topological polar surface area (TPSA) is 44.5 Å². The number of hydrogen-bond acceptors (Lipinski definition) is 3. The van der Waals surface area contributed by atoms with E-state index >= 15 is 0 Å². The largest absolute Gasteiger partial charge is 0.496 e. The van der Waals surface area contributed by atoms with Gasteiger partial charge < -0.3 is 15.2 Å². The summed E-state index contributed by atoms with van der Waals surface area (Å²) in [7, 11) is 1.66. The summed E-state index contributed by atoms with van der Waals surface area (Å²) in [6.45, 7) is 3.07. The van der Waals surface area contributed by atoms with Gasteiger partial charge >= 0.3 is 0 Å². The van der Waals surface area contributed by atoms with Gasteiger partial charge in [-0.2, -0.15) is 0 Å². The molecule has 0 fully saturated rings. The van der Waals surface area contributed by atoms with Crippen LogP contribution in [-0.4, -0.2) is 20.3 Å². The summed E-state index contributed by atoms with van der Waals surface area (Å²) in [5, 5.41) is 0. The molecule has 0 aliphatic rings. The van der Waals surface area contributed by atoms with Crippen LogP contribution in [-0.2, 0) is 4.74 Å². The zero-order valence-electron chi connectivity index (χ0n) is 9.00. The fraction of sp³-hybridized carbons (Fsp3) is 0.455. The number of hydrogen-bond donors (Lipinski definition) is 1. The van der Waals surface area contributed by atoms with E-state index in [2.05, 4.69) is 15.9 Å². The van der Waals surface area contributed by atoms with Gasteiger partial charge in [0, 0.05) is 16.6 Å². The van der Waals surface area contributed by atoms with E-state index in [-0.39, 0.29) is 6.10 Å². The summed E-state index contributed by atoms with van der Waals surface area (Å²) in [6, 6.07) is 5.86. The quantitative estimate of drug-likeness (QED) is 0.897. The Bertz CT molecular complexity index is 317. The second-order valence-electron chi connectivity index (χ2n) is 3.19. The van der Waals surface area contributed by atoms with E-state index in [0.29, 0.717) is 13.2 Å². The summed E-state index contributed by atoms with van der Waals surface area (Å²) >= 11 is 3.43. The van der Waals surface area contributed by atoms with Crippen LogP contribution in [0.25, 0.3) is 0 Å². The molecule has 4 heteroatoms. The predicted octanol–water partition coefficient (Wildman–Crippen LogP) is 2.49. The Hall–Kier alpha value is -0.580. The Balaban J connectivity index is 2.85. The van der Waals surface area contributed by atoms with E-state index in [1.807, 2.05) is 25.1 Å². The molecule has 84 valence electrons. The maximum absolute atomic E-state index is 5.55. The van der Waals surface area contributed by atoms with Gasteiger partial charge in [-0.3, -0.25) is 0 Å². The van der Waals surface area contributed by atoms with Crippen LogP contribution in [0.1, 0.15) is 18.6 Å². The van der Waals surface area contributed by atoms with Crippen molar-refractivity contribution >= 4 is 15.9 Å². The van der Waals surface area contributed by atoms with Crippen molar-refractivity contribution in [3.63, 3.8) is 0 Å². The number of rotatable bonds is 5.